The van der Waals surface area contributed by atoms with Crippen molar-refractivity contribution in [2.45, 2.75) is 38.8 Å². The number of carbonyl (C=O) groups is 2. The summed E-state index contributed by atoms with van der Waals surface area (Å²) in [6.45, 7) is 3.82. The van der Waals surface area contributed by atoms with Gasteiger partial charge in [0.2, 0.25) is 11.8 Å². The number of nitrogens with one attached hydrogen (secondary N) is 2. The smallest absolute Gasteiger partial charge is 0.248 e. The molecule has 3 aromatic rings. The van der Waals surface area contributed by atoms with Crippen LogP contribution in [0, 0.1) is 5.82 Å². The first-order valence-corrected chi connectivity index (χ1v) is 9.47. The molecule has 2 aromatic carbocycles. The van der Waals surface area contributed by atoms with Gasteiger partial charge in [-0.25, -0.2) is 9.07 Å². The molecule has 7 nitrogen and oxygen atoms in total. The van der Waals surface area contributed by atoms with E-state index in [1.807, 2.05) is 32.0 Å². The molecule has 0 radical (unpaired) electrons. The van der Waals surface area contributed by atoms with Gasteiger partial charge in [0.05, 0.1) is 22.7 Å². The van der Waals surface area contributed by atoms with Crippen molar-refractivity contribution in [1.29, 1.82) is 0 Å². The van der Waals surface area contributed by atoms with Gasteiger partial charge >= 0.3 is 0 Å². The minimum absolute atomic E-state index is 0.0764. The molecule has 2 N–H and O–H groups in total. The van der Waals surface area contributed by atoms with Crippen LogP contribution >= 0.6 is 0 Å². The van der Waals surface area contributed by atoms with Crippen molar-refractivity contribution in [2.24, 2.45) is 0 Å². The summed E-state index contributed by atoms with van der Waals surface area (Å²) in [7, 11) is 0. The average molecular weight is 396 g/mol. The van der Waals surface area contributed by atoms with Gasteiger partial charge in [-0.15, -0.1) is 5.10 Å². The number of halogens is 1. The zero-order valence-corrected chi connectivity index (χ0v) is 16.1. The fraction of sp³-hybridized carbons (Fsp3) is 0.286. The van der Waals surface area contributed by atoms with Crippen molar-refractivity contribution in [2.75, 3.05) is 5.32 Å². The first kappa shape index (κ1) is 18.9. The van der Waals surface area contributed by atoms with E-state index in [2.05, 4.69) is 15.7 Å². The average Bonchev–Trinajstić information content (AvgIpc) is 3.27. The fourth-order valence-corrected chi connectivity index (χ4v) is 3.37. The number of benzene rings is 2. The molecule has 0 bridgehead atoms. The van der Waals surface area contributed by atoms with E-state index in [1.165, 1.54) is 12.1 Å². The molecule has 150 valence electrons. The maximum absolute atomic E-state index is 13.4. The van der Waals surface area contributed by atoms with Gasteiger partial charge < -0.3 is 15.4 Å². The van der Waals surface area contributed by atoms with Gasteiger partial charge in [0.1, 0.15) is 17.6 Å². The monoisotopic (exact) mass is 396 g/mol. The third-order valence-corrected chi connectivity index (χ3v) is 4.66. The van der Waals surface area contributed by atoms with Crippen LogP contribution in [0.2, 0.25) is 0 Å². The highest BCUT2D eigenvalue weighted by atomic mass is 19.1. The van der Waals surface area contributed by atoms with E-state index < -0.39 is 6.04 Å². The van der Waals surface area contributed by atoms with E-state index in [-0.39, 0.29) is 23.7 Å². The van der Waals surface area contributed by atoms with Crippen molar-refractivity contribution in [1.82, 2.24) is 15.1 Å². The number of aromatic nitrogens is 2. The largest absolute Gasteiger partial charge is 0.490 e. The summed E-state index contributed by atoms with van der Waals surface area (Å²) in [5.74, 6) is 0.0828. The fourth-order valence-electron chi connectivity index (χ4n) is 3.37. The van der Waals surface area contributed by atoms with Crippen LogP contribution in [0.3, 0.4) is 0 Å². The van der Waals surface area contributed by atoms with Gasteiger partial charge in [-0.3, -0.25) is 9.59 Å². The quantitative estimate of drug-likeness (QED) is 0.694. The topological polar surface area (TPSA) is 85.2 Å². The first-order chi connectivity index (χ1) is 13.9. The second kappa shape index (κ2) is 7.54. The summed E-state index contributed by atoms with van der Waals surface area (Å²) in [4.78, 5) is 24.1. The van der Waals surface area contributed by atoms with E-state index in [0.717, 1.165) is 0 Å². The third-order valence-electron chi connectivity index (χ3n) is 4.66. The number of carbonyl (C=O) groups excluding carboxylic acids is 2. The molecule has 1 aliphatic heterocycles. The first-order valence-electron chi connectivity index (χ1n) is 9.47. The summed E-state index contributed by atoms with van der Waals surface area (Å²) in [5, 5.41) is 10.7. The van der Waals surface area contributed by atoms with Crippen LogP contribution in [0.5, 0.6) is 5.75 Å². The molecule has 1 aliphatic rings. The summed E-state index contributed by atoms with van der Waals surface area (Å²) in [5.41, 5.74) is 1.35. The van der Waals surface area contributed by atoms with Crippen molar-refractivity contribution in [3.63, 3.8) is 0 Å². The standard InChI is InChI=1S/C21H21FN4O3/c1-12(2)29-17-5-3-4-16-19(17)20(24-21(28)15-10-11-18(27)23-15)25-26(16)14-8-6-13(22)7-9-14/h3-9,12,15H,10-11H2,1-2H3,(H,23,27)(H,24,25,28). The Hall–Kier alpha value is -3.42. The lowest BCUT2D eigenvalue weighted by Crippen LogP contribution is -2.37. The molecule has 1 unspecified atom stereocenters. The van der Waals surface area contributed by atoms with Gasteiger partial charge in [0, 0.05) is 6.42 Å². The van der Waals surface area contributed by atoms with Crippen LogP contribution in [0.15, 0.2) is 42.5 Å². The second-order valence-electron chi connectivity index (χ2n) is 7.20. The highest BCUT2D eigenvalue weighted by Gasteiger charge is 2.29. The molecule has 2 heterocycles. The lowest BCUT2D eigenvalue weighted by Gasteiger charge is -2.13. The van der Waals surface area contributed by atoms with Crippen LogP contribution in [-0.4, -0.2) is 33.7 Å². The minimum atomic E-state index is -0.591. The molecule has 1 aromatic heterocycles. The zero-order chi connectivity index (χ0) is 20.5. The van der Waals surface area contributed by atoms with Gasteiger partial charge in [0.25, 0.3) is 0 Å². The predicted octanol–water partition coefficient (Wildman–Crippen LogP) is 3.17. The predicted molar refractivity (Wildman–Crippen MR) is 107 cm³/mol. The number of amides is 2. The number of hydrogen-bond donors (Lipinski definition) is 2. The maximum Gasteiger partial charge on any atom is 0.248 e. The van der Waals surface area contributed by atoms with Gasteiger partial charge in [-0.1, -0.05) is 6.07 Å². The molecular formula is C21H21FN4O3. The third kappa shape index (κ3) is 3.78. The van der Waals surface area contributed by atoms with Gasteiger partial charge in [-0.05, 0) is 56.7 Å². The van der Waals surface area contributed by atoms with Crippen LogP contribution in [-0.2, 0) is 9.59 Å². The normalized spacial score (nSPS) is 16.3. The molecule has 1 saturated heterocycles. The number of rotatable bonds is 5. The Labute approximate surface area is 166 Å². The van der Waals surface area contributed by atoms with Crippen molar-refractivity contribution < 1.29 is 18.7 Å². The van der Waals surface area contributed by atoms with E-state index in [1.54, 1.807) is 16.8 Å². The number of fused-ring (bicyclic) bond motifs is 1. The molecule has 29 heavy (non-hydrogen) atoms. The summed E-state index contributed by atoms with van der Waals surface area (Å²) in [6.07, 6.45) is 0.689. The van der Waals surface area contributed by atoms with E-state index >= 15 is 0 Å². The molecule has 2 amide bonds. The summed E-state index contributed by atoms with van der Waals surface area (Å²) < 4.78 is 20.9. The van der Waals surface area contributed by atoms with E-state index in [0.29, 0.717) is 41.0 Å². The Morgan fingerprint density at radius 3 is 2.69 bits per heavy atom. The van der Waals surface area contributed by atoms with Crippen LogP contribution in [0.25, 0.3) is 16.6 Å². The Morgan fingerprint density at radius 1 is 1.28 bits per heavy atom. The maximum atomic E-state index is 13.4. The van der Waals surface area contributed by atoms with Crippen LogP contribution in [0.4, 0.5) is 10.2 Å². The SMILES string of the molecule is CC(C)Oc1cccc2c1c(NC(=O)C1CCC(=O)N1)nn2-c1ccc(F)cc1. The van der Waals surface area contributed by atoms with Gasteiger partial charge in [-0.2, -0.15) is 0 Å². The van der Waals surface area contributed by atoms with Crippen molar-refractivity contribution >= 4 is 28.5 Å². The number of anilines is 1. The van der Waals surface area contributed by atoms with E-state index in [4.69, 9.17) is 4.74 Å². The molecule has 0 aliphatic carbocycles. The van der Waals surface area contributed by atoms with Crippen LogP contribution in [0.1, 0.15) is 26.7 Å². The molecule has 4 rings (SSSR count). The number of ether oxygens (including phenoxy) is 1. The highest BCUT2D eigenvalue weighted by molar-refractivity contribution is 6.06. The minimum Gasteiger partial charge on any atom is -0.490 e. The molecule has 8 heteroatoms. The Morgan fingerprint density at radius 2 is 2.03 bits per heavy atom. The highest BCUT2D eigenvalue weighted by Crippen LogP contribution is 2.34. The Bertz CT molecular complexity index is 1080. The lowest BCUT2D eigenvalue weighted by molar-refractivity contribution is -0.122. The second-order valence-corrected chi connectivity index (χ2v) is 7.20. The molecule has 1 atom stereocenters. The zero-order valence-electron chi connectivity index (χ0n) is 16.1. The summed E-state index contributed by atoms with van der Waals surface area (Å²) in [6, 6.07) is 10.8. The molecule has 0 saturated carbocycles. The van der Waals surface area contributed by atoms with E-state index in [9.17, 15) is 14.0 Å². The van der Waals surface area contributed by atoms with Crippen molar-refractivity contribution in [3.05, 3.63) is 48.3 Å². The number of hydrogen-bond acceptors (Lipinski definition) is 4. The number of nitrogens with zero attached hydrogens (tertiary/aromatic N) is 2. The Kier molecular flexibility index (Phi) is 4.92. The van der Waals surface area contributed by atoms with Crippen molar-refractivity contribution in [3.8, 4) is 11.4 Å². The Balaban J connectivity index is 1.80. The molecular weight excluding hydrogens is 375 g/mol. The van der Waals surface area contributed by atoms with Crippen LogP contribution < -0.4 is 15.4 Å². The molecule has 0 spiro atoms. The van der Waals surface area contributed by atoms with Gasteiger partial charge in [0.15, 0.2) is 5.82 Å². The summed E-state index contributed by atoms with van der Waals surface area (Å²) >= 11 is 0. The molecule has 1 fully saturated rings. The lowest BCUT2D eigenvalue weighted by atomic mass is 10.2.